The molecule has 0 amide bonds. The van der Waals surface area contributed by atoms with Gasteiger partial charge in [-0.1, -0.05) is 40.9 Å². The summed E-state index contributed by atoms with van der Waals surface area (Å²) in [5.41, 5.74) is 0.345. The number of ketones is 1. The third kappa shape index (κ3) is 3.36. The van der Waals surface area contributed by atoms with Crippen molar-refractivity contribution in [3.63, 3.8) is 0 Å². The van der Waals surface area contributed by atoms with E-state index in [1.165, 1.54) is 24.3 Å². The molecule has 2 aromatic rings. The van der Waals surface area contributed by atoms with Crippen LogP contribution in [-0.4, -0.2) is 5.78 Å². The molecule has 1 atom stereocenters. The van der Waals surface area contributed by atoms with Gasteiger partial charge in [-0.25, -0.2) is 4.39 Å². The molecule has 0 fully saturated rings. The number of Topliss-reactive ketones (excluding diaryl/α,β-unsaturated/α-hetero) is 1. The van der Waals surface area contributed by atoms with E-state index in [-0.39, 0.29) is 21.2 Å². The highest BCUT2D eigenvalue weighted by molar-refractivity contribution is 6.36. The summed E-state index contributed by atoms with van der Waals surface area (Å²) in [4.78, 5) is 12.5. The molecule has 0 N–H and O–H groups in total. The number of halogens is 4. The van der Waals surface area contributed by atoms with E-state index in [9.17, 15) is 14.4 Å². The van der Waals surface area contributed by atoms with Gasteiger partial charge in [0, 0.05) is 15.6 Å². The lowest BCUT2D eigenvalue weighted by Gasteiger charge is -2.12. The van der Waals surface area contributed by atoms with Crippen LogP contribution < -0.4 is 0 Å². The Labute approximate surface area is 135 Å². The molecule has 21 heavy (non-hydrogen) atoms. The molecule has 0 aliphatic carbocycles. The van der Waals surface area contributed by atoms with Gasteiger partial charge in [0.1, 0.15) is 11.7 Å². The average molecular weight is 343 g/mol. The molecule has 6 heteroatoms. The fourth-order valence-electron chi connectivity index (χ4n) is 1.85. The Morgan fingerprint density at radius 2 is 1.81 bits per heavy atom. The van der Waals surface area contributed by atoms with Crippen molar-refractivity contribution >= 4 is 40.6 Å². The number of hydrogen-bond acceptors (Lipinski definition) is 2. The van der Waals surface area contributed by atoms with E-state index >= 15 is 0 Å². The van der Waals surface area contributed by atoms with Gasteiger partial charge >= 0.3 is 0 Å². The molecule has 2 rings (SSSR count). The van der Waals surface area contributed by atoms with Crippen molar-refractivity contribution in [1.82, 2.24) is 0 Å². The lowest BCUT2D eigenvalue weighted by Crippen LogP contribution is -2.12. The summed E-state index contributed by atoms with van der Waals surface area (Å²) in [5, 5.41) is 9.78. The minimum atomic E-state index is -1.19. The molecule has 0 radical (unpaired) electrons. The van der Waals surface area contributed by atoms with Crippen LogP contribution in [0.1, 0.15) is 21.8 Å². The van der Waals surface area contributed by atoms with Crippen molar-refractivity contribution in [2.24, 2.45) is 0 Å². The first-order valence-electron chi connectivity index (χ1n) is 5.78. The second kappa shape index (κ2) is 6.44. The molecule has 0 saturated carbocycles. The van der Waals surface area contributed by atoms with Crippen LogP contribution in [0.25, 0.3) is 0 Å². The highest BCUT2D eigenvalue weighted by Gasteiger charge is 2.26. The van der Waals surface area contributed by atoms with E-state index in [1.807, 2.05) is 6.07 Å². The fourth-order valence-corrected chi connectivity index (χ4v) is 2.51. The van der Waals surface area contributed by atoms with Crippen LogP contribution in [0.2, 0.25) is 15.1 Å². The summed E-state index contributed by atoms with van der Waals surface area (Å²) >= 11 is 17.7. The van der Waals surface area contributed by atoms with E-state index < -0.39 is 17.5 Å². The third-order valence-corrected chi connectivity index (χ3v) is 3.75. The number of rotatable bonds is 3. The molecule has 1 unspecified atom stereocenters. The maximum Gasteiger partial charge on any atom is 0.186 e. The Hall–Kier alpha value is -1.60. The summed E-state index contributed by atoms with van der Waals surface area (Å²) in [6.07, 6.45) is 0. The first-order valence-corrected chi connectivity index (χ1v) is 6.91. The molecule has 2 aromatic carbocycles. The van der Waals surface area contributed by atoms with Crippen LogP contribution in [0, 0.1) is 17.1 Å². The minimum absolute atomic E-state index is 0.00745. The number of benzene rings is 2. The van der Waals surface area contributed by atoms with Gasteiger partial charge < -0.3 is 0 Å². The zero-order chi connectivity index (χ0) is 15.6. The van der Waals surface area contributed by atoms with Crippen molar-refractivity contribution in [3.8, 4) is 6.07 Å². The molecule has 0 aromatic heterocycles. The zero-order valence-electron chi connectivity index (χ0n) is 10.4. The molecule has 2 nitrogen and oxygen atoms in total. The highest BCUT2D eigenvalue weighted by atomic mass is 35.5. The predicted octanol–water partition coefficient (Wildman–Crippen LogP) is 5.28. The van der Waals surface area contributed by atoms with E-state index in [0.717, 1.165) is 12.1 Å². The Kier molecular flexibility index (Phi) is 4.84. The van der Waals surface area contributed by atoms with Crippen molar-refractivity contribution in [2.45, 2.75) is 5.92 Å². The maximum atomic E-state index is 13.1. The van der Waals surface area contributed by atoms with E-state index in [1.54, 1.807) is 0 Å². The lowest BCUT2D eigenvalue weighted by molar-refractivity contribution is 0.0979. The largest absolute Gasteiger partial charge is 0.292 e. The molecule has 0 aliphatic heterocycles. The second-order valence-electron chi connectivity index (χ2n) is 4.22. The van der Waals surface area contributed by atoms with Crippen LogP contribution >= 0.6 is 34.8 Å². The summed E-state index contributed by atoms with van der Waals surface area (Å²) in [7, 11) is 0. The van der Waals surface area contributed by atoms with Gasteiger partial charge in [-0.05, 0) is 35.9 Å². The van der Waals surface area contributed by atoms with Crippen LogP contribution in [-0.2, 0) is 0 Å². The van der Waals surface area contributed by atoms with Crippen LogP contribution in [0.5, 0.6) is 0 Å². The minimum Gasteiger partial charge on any atom is -0.292 e. The maximum absolute atomic E-state index is 13.1. The van der Waals surface area contributed by atoms with Gasteiger partial charge in [-0.2, -0.15) is 5.26 Å². The molecular formula is C15H7Cl3FNO. The Morgan fingerprint density at radius 3 is 2.43 bits per heavy atom. The first-order chi connectivity index (χ1) is 9.93. The second-order valence-corrected chi connectivity index (χ2v) is 5.47. The van der Waals surface area contributed by atoms with Crippen LogP contribution in [0.4, 0.5) is 4.39 Å². The molecule has 0 aliphatic rings. The predicted molar refractivity (Wildman–Crippen MR) is 80.6 cm³/mol. The zero-order valence-corrected chi connectivity index (χ0v) is 12.7. The molecule has 0 saturated heterocycles. The van der Waals surface area contributed by atoms with Crippen molar-refractivity contribution in [1.29, 1.82) is 5.26 Å². The lowest BCUT2D eigenvalue weighted by atomic mass is 9.91. The fraction of sp³-hybridized carbons (Fsp3) is 0.0667. The summed E-state index contributed by atoms with van der Waals surface area (Å²) < 4.78 is 13.1. The number of carbonyl (C=O) groups is 1. The summed E-state index contributed by atoms with van der Waals surface area (Å²) in [5.74, 6) is -2.28. The van der Waals surface area contributed by atoms with Crippen molar-refractivity contribution < 1.29 is 9.18 Å². The standard InChI is InChI=1S/C15H7Cl3FNO/c16-8-1-4-13(17)11(5-8)15(21)12(7-20)10-3-2-9(19)6-14(10)18/h1-6,12H. The van der Waals surface area contributed by atoms with Gasteiger partial charge in [-0.3, -0.25) is 4.79 Å². The van der Waals surface area contributed by atoms with Gasteiger partial charge in [-0.15, -0.1) is 0 Å². The Bertz CT molecular complexity index is 755. The smallest absolute Gasteiger partial charge is 0.186 e. The monoisotopic (exact) mass is 341 g/mol. The first kappa shape index (κ1) is 15.8. The molecule has 0 spiro atoms. The van der Waals surface area contributed by atoms with Gasteiger partial charge in [0.15, 0.2) is 5.78 Å². The molecule has 0 heterocycles. The van der Waals surface area contributed by atoms with Gasteiger partial charge in [0.2, 0.25) is 0 Å². The third-order valence-electron chi connectivity index (χ3n) is 2.86. The average Bonchev–Trinajstić information content (AvgIpc) is 2.44. The van der Waals surface area contributed by atoms with Crippen molar-refractivity contribution in [3.05, 3.63) is 68.4 Å². The SMILES string of the molecule is N#CC(C(=O)c1cc(Cl)ccc1Cl)c1ccc(F)cc1Cl. The van der Waals surface area contributed by atoms with Gasteiger partial charge in [0.05, 0.1) is 11.1 Å². The number of nitrogens with zero attached hydrogens (tertiary/aromatic N) is 1. The summed E-state index contributed by atoms with van der Waals surface area (Å²) in [6, 6.07) is 9.75. The van der Waals surface area contributed by atoms with E-state index in [2.05, 4.69) is 0 Å². The molecular weight excluding hydrogens is 336 g/mol. The van der Waals surface area contributed by atoms with E-state index in [4.69, 9.17) is 34.8 Å². The highest BCUT2D eigenvalue weighted by Crippen LogP contribution is 2.31. The Balaban J connectivity index is 2.49. The van der Waals surface area contributed by atoms with Crippen molar-refractivity contribution in [2.75, 3.05) is 0 Å². The van der Waals surface area contributed by atoms with E-state index in [0.29, 0.717) is 5.02 Å². The quantitative estimate of drug-likeness (QED) is 0.712. The van der Waals surface area contributed by atoms with Crippen LogP contribution in [0.3, 0.4) is 0 Å². The Morgan fingerprint density at radius 1 is 1.10 bits per heavy atom. The molecule has 0 bridgehead atoms. The number of nitriles is 1. The molecule has 106 valence electrons. The normalized spacial score (nSPS) is 11.8. The number of carbonyl (C=O) groups excluding carboxylic acids is 1. The summed E-state index contributed by atoms with van der Waals surface area (Å²) in [6.45, 7) is 0. The number of hydrogen-bond donors (Lipinski definition) is 0. The van der Waals surface area contributed by atoms with Gasteiger partial charge in [0.25, 0.3) is 0 Å². The van der Waals surface area contributed by atoms with Crippen LogP contribution in [0.15, 0.2) is 36.4 Å². The topological polar surface area (TPSA) is 40.9 Å².